The van der Waals surface area contributed by atoms with Crippen LogP contribution in [-0.4, -0.2) is 23.1 Å². The molecule has 1 fully saturated rings. The first-order chi connectivity index (χ1) is 10.5. The van der Waals surface area contributed by atoms with Gasteiger partial charge in [-0.15, -0.1) is 0 Å². The lowest BCUT2D eigenvalue weighted by Crippen LogP contribution is -2.19. The van der Waals surface area contributed by atoms with E-state index < -0.39 is 11.7 Å². The molecule has 0 saturated carbocycles. The second-order valence-electron chi connectivity index (χ2n) is 5.16. The summed E-state index contributed by atoms with van der Waals surface area (Å²) in [5.41, 5.74) is -0.113. The predicted octanol–water partition coefficient (Wildman–Crippen LogP) is 3.84. The summed E-state index contributed by atoms with van der Waals surface area (Å²) < 4.78 is 37.6. The topological polar surface area (TPSA) is 41.0 Å². The second-order valence-corrected chi connectivity index (χ2v) is 5.16. The molecule has 1 saturated heterocycles. The molecule has 1 aromatic heterocycles. The Kier molecular flexibility index (Phi) is 3.87. The molecule has 2 aromatic rings. The SMILES string of the molecule is FC(F)(F)c1ccc(Nc2cc(N3CCCC3)ncn2)cc1. The lowest BCUT2D eigenvalue weighted by molar-refractivity contribution is -0.137. The summed E-state index contributed by atoms with van der Waals surface area (Å²) in [6.45, 7) is 1.94. The summed E-state index contributed by atoms with van der Waals surface area (Å²) in [5, 5.41) is 3.00. The van der Waals surface area contributed by atoms with Gasteiger partial charge < -0.3 is 10.2 Å². The van der Waals surface area contributed by atoms with Gasteiger partial charge in [0.1, 0.15) is 18.0 Å². The van der Waals surface area contributed by atoms with Crippen molar-refractivity contribution in [1.82, 2.24) is 9.97 Å². The molecule has 0 radical (unpaired) electrons. The Morgan fingerprint density at radius 1 is 1.00 bits per heavy atom. The number of nitrogens with one attached hydrogen (secondary N) is 1. The Morgan fingerprint density at radius 3 is 2.32 bits per heavy atom. The maximum absolute atomic E-state index is 12.5. The average molecular weight is 308 g/mol. The Hall–Kier alpha value is -2.31. The molecule has 3 rings (SSSR count). The minimum Gasteiger partial charge on any atom is -0.356 e. The van der Waals surface area contributed by atoms with Crippen molar-refractivity contribution in [2.45, 2.75) is 19.0 Å². The predicted molar refractivity (Wildman–Crippen MR) is 78.2 cm³/mol. The molecule has 1 aliphatic heterocycles. The lowest BCUT2D eigenvalue weighted by Gasteiger charge is -2.16. The standard InChI is InChI=1S/C15H15F3N4/c16-15(17,18)11-3-5-12(6-4-11)21-13-9-14(20-10-19-13)22-7-1-2-8-22/h3-6,9-10H,1-2,7-8H2,(H,19,20,21). The van der Waals surface area contributed by atoms with Gasteiger partial charge in [-0.1, -0.05) is 0 Å². The molecular formula is C15H15F3N4. The first kappa shape index (κ1) is 14.6. The molecule has 0 spiro atoms. The van der Waals surface area contributed by atoms with E-state index in [9.17, 15) is 13.2 Å². The van der Waals surface area contributed by atoms with Crippen molar-refractivity contribution in [3.05, 3.63) is 42.2 Å². The van der Waals surface area contributed by atoms with Crippen molar-refractivity contribution in [2.24, 2.45) is 0 Å². The Morgan fingerprint density at radius 2 is 1.68 bits per heavy atom. The number of benzene rings is 1. The summed E-state index contributed by atoms with van der Waals surface area (Å²) >= 11 is 0. The Labute approximate surface area is 126 Å². The van der Waals surface area contributed by atoms with E-state index in [1.807, 2.05) is 6.07 Å². The summed E-state index contributed by atoms with van der Waals surface area (Å²) in [6, 6.07) is 6.68. The highest BCUT2D eigenvalue weighted by Crippen LogP contribution is 2.30. The van der Waals surface area contributed by atoms with Crippen LogP contribution in [0, 0.1) is 0 Å². The minimum absolute atomic E-state index is 0.555. The van der Waals surface area contributed by atoms with E-state index in [2.05, 4.69) is 20.2 Å². The maximum Gasteiger partial charge on any atom is 0.416 e. The summed E-state index contributed by atoms with van der Waals surface area (Å²) in [7, 11) is 0. The van der Waals surface area contributed by atoms with E-state index in [1.165, 1.54) is 18.5 Å². The number of anilines is 3. The highest BCUT2D eigenvalue weighted by molar-refractivity contribution is 5.59. The molecule has 116 valence electrons. The minimum atomic E-state index is -4.32. The van der Waals surface area contributed by atoms with Gasteiger partial charge >= 0.3 is 6.18 Å². The van der Waals surface area contributed by atoms with Crippen LogP contribution in [0.4, 0.5) is 30.5 Å². The van der Waals surface area contributed by atoms with Gasteiger partial charge in [-0.2, -0.15) is 13.2 Å². The number of rotatable bonds is 3. The molecule has 0 unspecified atom stereocenters. The number of alkyl halides is 3. The van der Waals surface area contributed by atoms with Crippen LogP contribution in [0.3, 0.4) is 0 Å². The number of hydrogen-bond donors (Lipinski definition) is 1. The normalized spacial score (nSPS) is 15.1. The van der Waals surface area contributed by atoms with Gasteiger partial charge in [-0.3, -0.25) is 0 Å². The zero-order valence-corrected chi connectivity index (χ0v) is 11.8. The van der Waals surface area contributed by atoms with Crippen molar-refractivity contribution in [1.29, 1.82) is 0 Å². The van der Waals surface area contributed by atoms with Crippen molar-refractivity contribution >= 4 is 17.3 Å². The number of aromatic nitrogens is 2. The first-order valence-electron chi connectivity index (χ1n) is 7.04. The average Bonchev–Trinajstić information content (AvgIpc) is 3.01. The van der Waals surface area contributed by atoms with Crippen LogP contribution in [-0.2, 0) is 6.18 Å². The maximum atomic E-state index is 12.5. The molecule has 1 aliphatic rings. The third-order valence-electron chi connectivity index (χ3n) is 3.57. The van der Waals surface area contributed by atoms with Crippen LogP contribution in [0.2, 0.25) is 0 Å². The Balaban J connectivity index is 1.74. The van der Waals surface area contributed by atoms with E-state index in [0.29, 0.717) is 11.5 Å². The molecule has 4 nitrogen and oxygen atoms in total. The molecule has 0 aliphatic carbocycles. The zero-order valence-electron chi connectivity index (χ0n) is 11.8. The van der Waals surface area contributed by atoms with Crippen molar-refractivity contribution in [3.63, 3.8) is 0 Å². The van der Waals surface area contributed by atoms with Crippen molar-refractivity contribution in [2.75, 3.05) is 23.3 Å². The first-order valence-corrected chi connectivity index (χ1v) is 7.04. The number of halogens is 3. The van der Waals surface area contributed by atoms with Crippen molar-refractivity contribution < 1.29 is 13.2 Å². The van der Waals surface area contributed by atoms with Crippen LogP contribution in [0.1, 0.15) is 18.4 Å². The largest absolute Gasteiger partial charge is 0.416 e. The van der Waals surface area contributed by atoms with E-state index in [4.69, 9.17) is 0 Å². The molecule has 0 atom stereocenters. The van der Waals surface area contributed by atoms with Crippen LogP contribution < -0.4 is 10.2 Å². The molecular weight excluding hydrogens is 293 g/mol. The molecule has 2 heterocycles. The van der Waals surface area contributed by atoms with Crippen LogP contribution in [0.5, 0.6) is 0 Å². The fourth-order valence-electron chi connectivity index (χ4n) is 2.42. The highest BCUT2D eigenvalue weighted by Gasteiger charge is 2.29. The Bertz CT molecular complexity index is 634. The van der Waals surface area contributed by atoms with Gasteiger partial charge in [-0.05, 0) is 37.1 Å². The van der Waals surface area contributed by atoms with Gasteiger partial charge in [-0.25, -0.2) is 9.97 Å². The van der Waals surface area contributed by atoms with Crippen LogP contribution in [0.25, 0.3) is 0 Å². The molecule has 1 N–H and O–H groups in total. The highest BCUT2D eigenvalue weighted by atomic mass is 19.4. The van der Waals surface area contributed by atoms with Gasteiger partial charge in [0, 0.05) is 24.8 Å². The monoisotopic (exact) mass is 308 g/mol. The van der Waals surface area contributed by atoms with Gasteiger partial charge in [0.05, 0.1) is 5.56 Å². The molecule has 0 amide bonds. The fourth-order valence-corrected chi connectivity index (χ4v) is 2.42. The third kappa shape index (κ3) is 3.29. The van der Waals surface area contributed by atoms with E-state index in [1.54, 1.807) is 0 Å². The lowest BCUT2D eigenvalue weighted by atomic mass is 10.2. The molecule has 7 heteroatoms. The van der Waals surface area contributed by atoms with Crippen LogP contribution in [0.15, 0.2) is 36.7 Å². The van der Waals surface area contributed by atoms with Crippen molar-refractivity contribution in [3.8, 4) is 0 Å². The van der Waals surface area contributed by atoms with Crippen LogP contribution >= 0.6 is 0 Å². The van der Waals surface area contributed by atoms with Gasteiger partial charge in [0.2, 0.25) is 0 Å². The summed E-state index contributed by atoms with van der Waals surface area (Å²) in [4.78, 5) is 10.5. The van der Waals surface area contributed by atoms with Gasteiger partial charge in [0.25, 0.3) is 0 Å². The molecule has 0 bridgehead atoms. The quantitative estimate of drug-likeness (QED) is 0.935. The zero-order chi connectivity index (χ0) is 15.6. The smallest absolute Gasteiger partial charge is 0.356 e. The summed E-state index contributed by atoms with van der Waals surface area (Å²) in [6.07, 6.45) is -0.576. The molecule has 22 heavy (non-hydrogen) atoms. The van der Waals surface area contributed by atoms with Gasteiger partial charge in [0.15, 0.2) is 0 Å². The second kappa shape index (κ2) is 5.82. The van der Waals surface area contributed by atoms with E-state index in [0.717, 1.165) is 43.9 Å². The molecule has 1 aromatic carbocycles. The number of nitrogens with zero attached hydrogens (tertiary/aromatic N) is 3. The summed E-state index contributed by atoms with van der Waals surface area (Å²) in [5.74, 6) is 1.40. The van der Waals surface area contributed by atoms with E-state index in [-0.39, 0.29) is 0 Å². The number of hydrogen-bond acceptors (Lipinski definition) is 4. The fraction of sp³-hybridized carbons (Fsp3) is 0.333. The third-order valence-corrected chi connectivity index (χ3v) is 3.57. The van der Waals surface area contributed by atoms with E-state index >= 15 is 0 Å².